The molecule has 0 radical (unpaired) electrons. The third-order valence-corrected chi connectivity index (χ3v) is 2.86. The molecular formula is C24H22O6. The van der Waals surface area contributed by atoms with Gasteiger partial charge in [0.1, 0.15) is 0 Å². The maximum absolute atomic E-state index is 10.2. The van der Waals surface area contributed by atoms with Gasteiger partial charge in [-0.25, -0.2) is 9.59 Å². The molecule has 0 unspecified atom stereocenters. The zero-order chi connectivity index (χ0) is 22.5. The molecule has 0 atom stereocenters. The molecule has 0 aromatic heterocycles. The van der Waals surface area contributed by atoms with Crippen molar-refractivity contribution in [3.63, 3.8) is 0 Å². The lowest BCUT2D eigenvalue weighted by Gasteiger charge is -1.88. The van der Waals surface area contributed by atoms with Crippen LogP contribution in [-0.2, 0) is 0 Å². The number of carbonyl (C=O) groups is 2. The molecule has 0 aliphatic rings. The number of aliphatic hydroxyl groups is 2. The van der Waals surface area contributed by atoms with Crippen LogP contribution in [-0.4, -0.2) is 45.6 Å². The van der Waals surface area contributed by atoms with Gasteiger partial charge >= 0.3 is 11.9 Å². The highest BCUT2D eigenvalue weighted by Crippen LogP contribution is 1.96. The van der Waals surface area contributed by atoms with Crippen LogP contribution in [0.25, 0.3) is 0 Å². The van der Waals surface area contributed by atoms with Crippen LogP contribution in [0.15, 0.2) is 85.0 Å². The van der Waals surface area contributed by atoms with E-state index in [4.69, 9.17) is 20.4 Å². The Morgan fingerprint density at radius 3 is 1.23 bits per heavy atom. The van der Waals surface area contributed by atoms with Crippen LogP contribution in [0.2, 0.25) is 0 Å². The Bertz CT molecular complexity index is 844. The van der Waals surface area contributed by atoms with Gasteiger partial charge in [0.2, 0.25) is 0 Å². The zero-order valence-corrected chi connectivity index (χ0v) is 16.1. The smallest absolute Gasteiger partial charge is 0.335 e. The Kier molecular flexibility index (Phi) is 15.8. The average molecular weight is 406 g/mol. The largest absolute Gasteiger partial charge is 0.478 e. The number of carboxylic acids is 2. The van der Waals surface area contributed by atoms with E-state index in [0.717, 1.165) is 0 Å². The first-order valence-electron chi connectivity index (χ1n) is 8.62. The summed E-state index contributed by atoms with van der Waals surface area (Å²) in [6.07, 6.45) is 6.12. The minimum atomic E-state index is -0.879. The fourth-order valence-corrected chi connectivity index (χ4v) is 1.54. The van der Waals surface area contributed by atoms with Crippen molar-refractivity contribution in [3.8, 4) is 23.7 Å². The van der Waals surface area contributed by atoms with Crippen molar-refractivity contribution in [3.05, 3.63) is 96.1 Å². The normalized spacial score (nSPS) is 9.00. The molecule has 0 spiro atoms. The van der Waals surface area contributed by atoms with E-state index in [0.29, 0.717) is 11.1 Å². The number of hydrogen-bond donors (Lipinski definition) is 4. The summed E-state index contributed by atoms with van der Waals surface area (Å²) in [5.74, 6) is 8.52. The summed E-state index contributed by atoms with van der Waals surface area (Å²) in [6, 6.07) is 16.6. The molecular weight excluding hydrogens is 384 g/mol. The lowest BCUT2D eigenvalue weighted by molar-refractivity contribution is 0.0686. The minimum absolute atomic E-state index is 0.00742. The number of aromatic carboxylic acids is 2. The van der Waals surface area contributed by atoms with Crippen LogP contribution in [0.5, 0.6) is 0 Å². The number of hydrogen-bond acceptors (Lipinski definition) is 4. The quantitative estimate of drug-likeness (QED) is 0.581. The summed E-state index contributed by atoms with van der Waals surface area (Å²) < 4.78 is 0. The number of carboxylic acid groups (broad SMARTS) is 2. The molecule has 30 heavy (non-hydrogen) atoms. The molecule has 0 heterocycles. The molecule has 0 aliphatic carbocycles. The van der Waals surface area contributed by atoms with Gasteiger partial charge in [0.25, 0.3) is 0 Å². The van der Waals surface area contributed by atoms with E-state index in [2.05, 4.69) is 23.7 Å². The van der Waals surface area contributed by atoms with Crippen molar-refractivity contribution < 1.29 is 30.0 Å². The summed E-state index contributed by atoms with van der Waals surface area (Å²) in [6.45, 7) is -0.0148. The average Bonchev–Trinajstić information content (AvgIpc) is 2.78. The molecule has 0 aliphatic heterocycles. The van der Waals surface area contributed by atoms with Crippen LogP contribution < -0.4 is 0 Å². The number of rotatable bonds is 4. The molecule has 0 fully saturated rings. The van der Waals surface area contributed by atoms with Gasteiger partial charge in [-0.15, -0.1) is 0 Å². The van der Waals surface area contributed by atoms with Crippen molar-refractivity contribution in [2.45, 2.75) is 0 Å². The molecule has 0 saturated heterocycles. The Morgan fingerprint density at radius 2 is 1.00 bits per heavy atom. The second-order valence-electron chi connectivity index (χ2n) is 5.05. The van der Waals surface area contributed by atoms with E-state index in [9.17, 15) is 9.59 Å². The topological polar surface area (TPSA) is 115 Å². The van der Waals surface area contributed by atoms with Crippen LogP contribution in [0.4, 0.5) is 0 Å². The maximum Gasteiger partial charge on any atom is 0.335 e. The molecule has 2 aromatic rings. The van der Waals surface area contributed by atoms with Crippen LogP contribution in [0.3, 0.4) is 0 Å². The molecule has 4 N–H and O–H groups in total. The second kappa shape index (κ2) is 18.3. The molecule has 154 valence electrons. The Hall–Kier alpha value is -4.10. The number of benzene rings is 2. The van der Waals surface area contributed by atoms with Crippen molar-refractivity contribution in [2.24, 2.45) is 0 Å². The van der Waals surface area contributed by atoms with Crippen LogP contribution in [0, 0.1) is 23.7 Å². The van der Waals surface area contributed by atoms with Crippen LogP contribution >= 0.6 is 0 Å². The predicted molar refractivity (Wildman–Crippen MR) is 115 cm³/mol. The van der Waals surface area contributed by atoms with Gasteiger partial charge in [0, 0.05) is 0 Å². The van der Waals surface area contributed by atoms with E-state index in [1.54, 1.807) is 60.7 Å². The highest BCUT2D eigenvalue weighted by molar-refractivity contribution is 5.87. The first-order chi connectivity index (χ1) is 14.5. The monoisotopic (exact) mass is 406 g/mol. The second-order valence-corrected chi connectivity index (χ2v) is 5.05. The standard InChI is InChI=1S/C10H10O2.2C7H6O2/c11-9-7-5-3-1-2-4-6-8-10-12;2*8-7(9)6-4-2-1-3-5-6/h5-8,11-12H,9-10H2;2*1-5H,(H,8,9). The maximum atomic E-state index is 10.2. The van der Waals surface area contributed by atoms with Gasteiger partial charge in [-0.1, -0.05) is 60.4 Å². The summed E-state index contributed by atoms with van der Waals surface area (Å²) in [7, 11) is 0. The minimum Gasteiger partial charge on any atom is -0.478 e. The van der Waals surface area contributed by atoms with Gasteiger partial charge in [-0.05, 0) is 48.3 Å². The van der Waals surface area contributed by atoms with E-state index < -0.39 is 11.9 Å². The van der Waals surface area contributed by atoms with Crippen molar-refractivity contribution in [2.75, 3.05) is 13.2 Å². The fraction of sp³-hybridized carbons (Fsp3) is 0.0833. The molecule has 2 rings (SSSR count). The zero-order valence-electron chi connectivity index (χ0n) is 16.1. The molecule has 6 nitrogen and oxygen atoms in total. The SMILES string of the molecule is O=C(O)c1ccccc1.O=C(O)c1ccccc1.OCC=CC#CC#CC=CCO. The van der Waals surface area contributed by atoms with Gasteiger partial charge in [-0.3, -0.25) is 0 Å². The third-order valence-electron chi connectivity index (χ3n) is 2.86. The lowest BCUT2D eigenvalue weighted by atomic mass is 10.2. The first-order valence-corrected chi connectivity index (χ1v) is 8.62. The number of aliphatic hydroxyl groups excluding tert-OH is 2. The lowest BCUT2D eigenvalue weighted by Crippen LogP contribution is -1.93. The summed E-state index contributed by atoms with van der Waals surface area (Å²) in [5.41, 5.74) is 0.662. The molecule has 2 aromatic carbocycles. The first kappa shape index (κ1) is 25.9. The molecule has 0 bridgehead atoms. The fourth-order valence-electron chi connectivity index (χ4n) is 1.54. The Morgan fingerprint density at radius 1 is 0.667 bits per heavy atom. The number of allylic oxidation sites excluding steroid dienone is 2. The van der Waals surface area contributed by atoms with Crippen LogP contribution in [0.1, 0.15) is 20.7 Å². The Balaban J connectivity index is 0.000000426. The van der Waals surface area contributed by atoms with E-state index in [1.165, 1.54) is 24.3 Å². The Labute approximate surface area is 175 Å². The van der Waals surface area contributed by atoms with Gasteiger partial charge < -0.3 is 20.4 Å². The summed E-state index contributed by atoms with van der Waals surface area (Å²) >= 11 is 0. The van der Waals surface area contributed by atoms with Gasteiger partial charge in [-0.2, -0.15) is 0 Å². The summed E-state index contributed by atoms with van der Waals surface area (Å²) in [5, 5.41) is 33.4. The highest BCUT2D eigenvalue weighted by atomic mass is 16.4. The van der Waals surface area contributed by atoms with Crippen molar-refractivity contribution in [1.82, 2.24) is 0 Å². The summed E-state index contributed by atoms with van der Waals surface area (Å²) in [4.78, 5) is 20.4. The predicted octanol–water partition coefficient (Wildman–Crippen LogP) is 2.86. The van der Waals surface area contributed by atoms with Gasteiger partial charge in [0.05, 0.1) is 24.3 Å². The third kappa shape index (κ3) is 15.0. The highest BCUT2D eigenvalue weighted by Gasteiger charge is 1.97. The van der Waals surface area contributed by atoms with E-state index in [-0.39, 0.29) is 13.2 Å². The molecule has 0 saturated carbocycles. The molecule has 6 heteroatoms. The van der Waals surface area contributed by atoms with Crippen molar-refractivity contribution in [1.29, 1.82) is 0 Å². The molecule has 0 amide bonds. The van der Waals surface area contributed by atoms with Gasteiger partial charge in [0.15, 0.2) is 0 Å². The van der Waals surface area contributed by atoms with E-state index >= 15 is 0 Å². The van der Waals surface area contributed by atoms with Crippen molar-refractivity contribution >= 4 is 11.9 Å². The van der Waals surface area contributed by atoms with E-state index in [1.807, 2.05) is 0 Å².